The standard InChI is InChI=1S/C32H31O2Si3/c1-35(2)33-37(31-24-14-6-15-25-31,32-26-16-7-17-27-32)34-36(28-18-8-3-9-19-28,29-20-10-4-11-21-29)30-22-12-5-13-23-30/h3-27H,1-2H3. The van der Waals surface area contributed by atoms with Crippen molar-refractivity contribution in [1.29, 1.82) is 0 Å². The van der Waals surface area contributed by atoms with Crippen LogP contribution in [0.15, 0.2) is 152 Å². The third kappa shape index (κ3) is 5.09. The zero-order valence-corrected chi connectivity index (χ0v) is 24.3. The first-order chi connectivity index (χ1) is 18.1. The molecule has 183 valence electrons. The molecule has 0 saturated heterocycles. The second kappa shape index (κ2) is 11.4. The molecule has 0 atom stereocenters. The van der Waals surface area contributed by atoms with Crippen molar-refractivity contribution in [2.45, 2.75) is 13.1 Å². The summed E-state index contributed by atoms with van der Waals surface area (Å²) in [7, 11) is -7.37. The topological polar surface area (TPSA) is 18.5 Å². The number of rotatable bonds is 9. The molecule has 5 aromatic carbocycles. The predicted octanol–water partition coefficient (Wildman–Crippen LogP) is 4.19. The van der Waals surface area contributed by atoms with E-state index in [-0.39, 0.29) is 0 Å². The number of hydrogen-bond donors (Lipinski definition) is 0. The fourth-order valence-corrected chi connectivity index (χ4v) is 17.4. The van der Waals surface area contributed by atoms with E-state index in [4.69, 9.17) is 8.23 Å². The lowest BCUT2D eigenvalue weighted by molar-refractivity contribution is 0.432. The van der Waals surface area contributed by atoms with Gasteiger partial charge in [-0.2, -0.15) is 0 Å². The van der Waals surface area contributed by atoms with Gasteiger partial charge in [-0.05, 0) is 39.0 Å². The first kappa shape index (κ1) is 25.3. The van der Waals surface area contributed by atoms with E-state index >= 15 is 0 Å². The molecule has 5 rings (SSSR count). The molecule has 1 radical (unpaired) electrons. The minimum absolute atomic E-state index is 1.13. The molecule has 5 aromatic rings. The molecule has 5 heteroatoms. The van der Waals surface area contributed by atoms with Crippen LogP contribution in [0.3, 0.4) is 0 Å². The summed E-state index contributed by atoms with van der Waals surface area (Å²) in [5.74, 6) is 0. The third-order valence-electron chi connectivity index (χ3n) is 6.49. The fourth-order valence-electron chi connectivity index (χ4n) is 4.94. The molecular weight excluding hydrogens is 501 g/mol. The van der Waals surface area contributed by atoms with Crippen molar-refractivity contribution in [3.63, 3.8) is 0 Å². The van der Waals surface area contributed by atoms with Gasteiger partial charge in [0, 0.05) is 0 Å². The lowest BCUT2D eigenvalue weighted by atomic mass is 10.3. The molecule has 0 aliphatic carbocycles. The van der Waals surface area contributed by atoms with Gasteiger partial charge in [0.25, 0.3) is 8.32 Å². The summed E-state index contributed by atoms with van der Waals surface area (Å²) in [5.41, 5.74) is 0. The van der Waals surface area contributed by atoms with Crippen LogP contribution in [0.5, 0.6) is 0 Å². The lowest BCUT2D eigenvalue weighted by Crippen LogP contribution is -2.79. The molecule has 0 aliphatic rings. The monoisotopic (exact) mass is 531 g/mol. The van der Waals surface area contributed by atoms with Gasteiger partial charge >= 0.3 is 8.56 Å². The van der Waals surface area contributed by atoms with Crippen molar-refractivity contribution in [1.82, 2.24) is 0 Å². The van der Waals surface area contributed by atoms with E-state index in [0.717, 1.165) is 10.4 Å². The van der Waals surface area contributed by atoms with Crippen LogP contribution in [0.1, 0.15) is 0 Å². The van der Waals surface area contributed by atoms with Crippen LogP contribution >= 0.6 is 0 Å². The maximum atomic E-state index is 7.95. The molecule has 0 amide bonds. The van der Waals surface area contributed by atoms with E-state index in [1.54, 1.807) is 0 Å². The first-order valence-electron chi connectivity index (χ1n) is 12.6. The second-order valence-corrected chi connectivity index (χ2v) is 18.2. The Bertz CT molecular complexity index is 1240. The maximum absolute atomic E-state index is 7.95. The second-order valence-electron chi connectivity index (χ2n) is 9.24. The van der Waals surface area contributed by atoms with Gasteiger partial charge in [-0.15, -0.1) is 0 Å². The number of benzene rings is 5. The summed E-state index contributed by atoms with van der Waals surface area (Å²) in [5, 5.41) is 5.89. The minimum atomic E-state index is -3.19. The van der Waals surface area contributed by atoms with Crippen LogP contribution in [-0.4, -0.2) is 25.9 Å². The van der Waals surface area contributed by atoms with Crippen molar-refractivity contribution in [3.05, 3.63) is 152 Å². The minimum Gasteiger partial charge on any atom is -0.430 e. The molecule has 37 heavy (non-hydrogen) atoms. The molecule has 0 saturated carbocycles. The van der Waals surface area contributed by atoms with Gasteiger partial charge in [0.2, 0.25) is 0 Å². The van der Waals surface area contributed by atoms with Crippen LogP contribution in [-0.2, 0) is 8.23 Å². The number of hydrogen-bond acceptors (Lipinski definition) is 2. The van der Waals surface area contributed by atoms with Crippen LogP contribution in [0.2, 0.25) is 13.1 Å². The summed E-state index contributed by atoms with van der Waals surface area (Å²) < 4.78 is 15.1. The van der Waals surface area contributed by atoms with E-state index < -0.39 is 25.9 Å². The zero-order valence-electron chi connectivity index (χ0n) is 21.3. The van der Waals surface area contributed by atoms with Crippen LogP contribution < -0.4 is 25.9 Å². The zero-order chi connectivity index (χ0) is 25.6. The summed E-state index contributed by atoms with van der Waals surface area (Å²) >= 11 is 0. The maximum Gasteiger partial charge on any atom is 0.387 e. The highest BCUT2D eigenvalue weighted by Gasteiger charge is 2.53. The molecule has 0 bridgehead atoms. The predicted molar refractivity (Wildman–Crippen MR) is 162 cm³/mol. The summed E-state index contributed by atoms with van der Waals surface area (Å²) in [6.07, 6.45) is 0. The smallest absolute Gasteiger partial charge is 0.387 e. The molecular formula is C32H31O2Si3. The van der Waals surface area contributed by atoms with Crippen molar-refractivity contribution >= 4 is 51.9 Å². The molecule has 0 spiro atoms. The highest BCUT2D eigenvalue weighted by atomic mass is 28.5. The fraction of sp³-hybridized carbons (Fsp3) is 0.0625. The largest absolute Gasteiger partial charge is 0.430 e. The SMILES string of the molecule is C[Si](C)O[Si](O[Si](c1ccccc1)(c1ccccc1)c1ccccc1)(c1ccccc1)c1ccccc1. The highest BCUT2D eigenvalue weighted by Crippen LogP contribution is 2.20. The van der Waals surface area contributed by atoms with Crippen molar-refractivity contribution in [3.8, 4) is 0 Å². The molecule has 0 aromatic heterocycles. The Morgan fingerprint density at radius 3 is 0.946 bits per heavy atom. The van der Waals surface area contributed by atoms with Gasteiger partial charge in [-0.1, -0.05) is 152 Å². The first-order valence-corrected chi connectivity index (χ1v) is 18.8. The Kier molecular flexibility index (Phi) is 7.79. The normalized spacial score (nSPS) is 12.0. The molecule has 0 fully saturated rings. The Balaban J connectivity index is 1.88. The van der Waals surface area contributed by atoms with Crippen LogP contribution in [0, 0.1) is 0 Å². The van der Waals surface area contributed by atoms with Crippen molar-refractivity contribution < 1.29 is 8.23 Å². The third-order valence-corrected chi connectivity index (χ3v) is 17.3. The molecule has 0 heterocycles. The van der Waals surface area contributed by atoms with E-state index in [0.29, 0.717) is 0 Å². The van der Waals surface area contributed by atoms with Gasteiger partial charge in [0.1, 0.15) is 0 Å². The average molecular weight is 532 g/mol. The molecule has 0 N–H and O–H groups in total. The van der Waals surface area contributed by atoms with Gasteiger partial charge in [-0.3, -0.25) is 0 Å². The van der Waals surface area contributed by atoms with E-state index in [1.165, 1.54) is 15.6 Å². The van der Waals surface area contributed by atoms with Gasteiger partial charge in [-0.25, -0.2) is 0 Å². The molecule has 2 nitrogen and oxygen atoms in total. The van der Waals surface area contributed by atoms with Gasteiger partial charge in [0.05, 0.1) is 0 Å². The van der Waals surface area contributed by atoms with E-state index in [9.17, 15) is 0 Å². The summed E-state index contributed by atoms with van der Waals surface area (Å²) in [6, 6.07) is 53.6. The van der Waals surface area contributed by atoms with Crippen molar-refractivity contribution in [2.75, 3.05) is 0 Å². The summed E-state index contributed by atoms with van der Waals surface area (Å²) in [4.78, 5) is 0. The average Bonchev–Trinajstić information content (AvgIpc) is 2.97. The van der Waals surface area contributed by atoms with E-state index in [1.807, 2.05) is 0 Å². The Hall–Kier alpha value is -3.33. The van der Waals surface area contributed by atoms with Gasteiger partial charge < -0.3 is 8.23 Å². The quantitative estimate of drug-likeness (QED) is 0.210. The Morgan fingerprint density at radius 1 is 0.405 bits per heavy atom. The molecule has 0 aliphatic heterocycles. The van der Waals surface area contributed by atoms with Crippen molar-refractivity contribution in [2.24, 2.45) is 0 Å². The van der Waals surface area contributed by atoms with Crippen LogP contribution in [0.25, 0.3) is 0 Å². The molecule has 0 unspecified atom stereocenters. The van der Waals surface area contributed by atoms with Gasteiger partial charge in [0.15, 0.2) is 9.04 Å². The Labute approximate surface area is 224 Å². The Morgan fingerprint density at radius 2 is 0.676 bits per heavy atom. The summed E-state index contributed by atoms with van der Waals surface area (Å²) in [6.45, 7) is 4.41. The van der Waals surface area contributed by atoms with E-state index in [2.05, 4.69) is 165 Å². The van der Waals surface area contributed by atoms with Crippen LogP contribution in [0.4, 0.5) is 0 Å². The lowest BCUT2D eigenvalue weighted by Gasteiger charge is -2.43. The highest BCUT2D eigenvalue weighted by molar-refractivity contribution is 7.13.